The van der Waals surface area contributed by atoms with Gasteiger partial charge < -0.3 is 14.8 Å². The molecule has 0 aliphatic rings. The number of nitrogens with zero attached hydrogens (tertiary/aromatic N) is 2. The number of halogens is 1. The summed E-state index contributed by atoms with van der Waals surface area (Å²) < 4.78 is 2.18. The highest BCUT2D eigenvalue weighted by molar-refractivity contribution is 6.02. The summed E-state index contributed by atoms with van der Waals surface area (Å²) in [4.78, 5) is 15.4. The molecule has 0 fully saturated rings. The van der Waals surface area contributed by atoms with E-state index in [2.05, 4.69) is 95.6 Å². The molecule has 0 saturated heterocycles. The molecule has 5 heteroatoms. The number of likely N-dealkylation sites (N-methyl/N-ethyl adjacent to an activating group) is 1. The van der Waals surface area contributed by atoms with Gasteiger partial charge >= 0.3 is 0 Å². The van der Waals surface area contributed by atoms with Gasteiger partial charge in [-0.2, -0.15) is 0 Å². The third-order valence-electron chi connectivity index (χ3n) is 5.78. The smallest absolute Gasteiger partial charge is 0.268 e. The second kappa shape index (κ2) is 10.5. The number of benzene rings is 3. The van der Waals surface area contributed by atoms with Gasteiger partial charge in [-0.05, 0) is 31.3 Å². The van der Waals surface area contributed by atoms with Crippen molar-refractivity contribution in [3.8, 4) is 0 Å². The fraction of sp³-hybridized carbons (Fsp3) is 0.222. The number of hydrogen-bond donors (Lipinski definition) is 1. The molecule has 4 rings (SSSR count). The zero-order valence-electron chi connectivity index (χ0n) is 18.8. The lowest BCUT2D eigenvalue weighted by Gasteiger charge is -2.21. The van der Waals surface area contributed by atoms with Gasteiger partial charge in [0.25, 0.3) is 5.91 Å². The van der Waals surface area contributed by atoms with Crippen molar-refractivity contribution in [3.63, 3.8) is 0 Å². The Balaban J connectivity index is 0.00000289. The maximum Gasteiger partial charge on any atom is 0.268 e. The van der Waals surface area contributed by atoms with Crippen molar-refractivity contribution >= 4 is 29.2 Å². The Hall–Kier alpha value is -3.08. The first-order valence-corrected chi connectivity index (χ1v) is 10.7. The van der Waals surface area contributed by atoms with Gasteiger partial charge in [0.2, 0.25) is 0 Å². The Morgan fingerprint density at radius 2 is 1.41 bits per heavy atom. The minimum Gasteiger partial charge on any atom is -0.354 e. The third kappa shape index (κ3) is 4.57. The average Bonchev–Trinajstić information content (AvgIpc) is 3.13. The van der Waals surface area contributed by atoms with E-state index < -0.39 is 0 Å². The van der Waals surface area contributed by atoms with Crippen molar-refractivity contribution in [2.75, 3.05) is 27.7 Å². The van der Waals surface area contributed by atoms with E-state index in [1.807, 2.05) is 18.2 Å². The molecule has 3 aromatic carbocycles. The molecular formula is C27H30ClN3O. The lowest BCUT2D eigenvalue weighted by molar-refractivity contribution is 0.0952. The molecule has 0 radical (unpaired) electrons. The number of nitrogens with one attached hydrogen (secondary N) is 1. The van der Waals surface area contributed by atoms with Crippen molar-refractivity contribution in [2.24, 2.45) is 0 Å². The SMILES string of the molecule is CNC(=O)c1c(C(c2ccccc2)c2ccccc2)c2ccccc2n1CCN(C)C.Cl. The largest absolute Gasteiger partial charge is 0.354 e. The summed E-state index contributed by atoms with van der Waals surface area (Å²) in [5.74, 6) is -0.0953. The van der Waals surface area contributed by atoms with Gasteiger partial charge in [-0.15, -0.1) is 12.4 Å². The molecule has 0 unspecified atom stereocenters. The van der Waals surface area contributed by atoms with Gasteiger partial charge in [0, 0.05) is 42.5 Å². The molecule has 0 atom stereocenters. The van der Waals surface area contributed by atoms with E-state index in [1.54, 1.807) is 7.05 Å². The predicted molar refractivity (Wildman–Crippen MR) is 135 cm³/mol. The molecule has 0 bridgehead atoms. The van der Waals surface area contributed by atoms with Crippen LogP contribution in [0.25, 0.3) is 10.9 Å². The molecule has 32 heavy (non-hydrogen) atoms. The number of fused-ring (bicyclic) bond motifs is 1. The Morgan fingerprint density at radius 3 is 1.94 bits per heavy atom. The van der Waals surface area contributed by atoms with Crippen LogP contribution >= 0.6 is 12.4 Å². The zero-order valence-corrected chi connectivity index (χ0v) is 19.6. The van der Waals surface area contributed by atoms with E-state index in [4.69, 9.17) is 0 Å². The Kier molecular flexibility index (Phi) is 7.73. The minimum absolute atomic E-state index is 0. The van der Waals surface area contributed by atoms with Crippen LogP contribution in [0.15, 0.2) is 84.9 Å². The summed E-state index contributed by atoms with van der Waals surface area (Å²) in [7, 11) is 5.83. The molecule has 1 aromatic heterocycles. The highest BCUT2D eigenvalue weighted by Gasteiger charge is 2.29. The van der Waals surface area contributed by atoms with Gasteiger partial charge in [0.15, 0.2) is 0 Å². The van der Waals surface area contributed by atoms with E-state index in [-0.39, 0.29) is 24.2 Å². The van der Waals surface area contributed by atoms with Gasteiger partial charge in [0.05, 0.1) is 0 Å². The highest BCUT2D eigenvalue weighted by Crippen LogP contribution is 2.40. The summed E-state index contributed by atoms with van der Waals surface area (Å²) in [6, 6.07) is 29.3. The van der Waals surface area contributed by atoms with Crippen molar-refractivity contribution in [1.29, 1.82) is 0 Å². The molecule has 0 aliphatic heterocycles. The van der Waals surface area contributed by atoms with Crippen LogP contribution in [-0.2, 0) is 6.54 Å². The summed E-state index contributed by atoms with van der Waals surface area (Å²) in [6.07, 6.45) is 0. The van der Waals surface area contributed by atoms with E-state index in [0.29, 0.717) is 0 Å². The molecule has 4 aromatic rings. The van der Waals surface area contributed by atoms with E-state index >= 15 is 0 Å². The number of hydrogen-bond acceptors (Lipinski definition) is 2. The lowest BCUT2D eigenvalue weighted by atomic mass is 9.83. The second-order valence-electron chi connectivity index (χ2n) is 8.07. The van der Waals surface area contributed by atoms with Crippen molar-refractivity contribution < 1.29 is 4.79 Å². The summed E-state index contributed by atoms with van der Waals surface area (Å²) in [5, 5.41) is 4.02. The topological polar surface area (TPSA) is 37.3 Å². The molecule has 0 saturated carbocycles. The van der Waals surface area contributed by atoms with Gasteiger partial charge in [-0.25, -0.2) is 0 Å². The first-order valence-electron chi connectivity index (χ1n) is 10.7. The maximum atomic E-state index is 13.3. The molecule has 1 N–H and O–H groups in total. The number of amides is 1. The summed E-state index contributed by atoms with van der Waals surface area (Å²) in [6.45, 7) is 1.59. The maximum absolute atomic E-state index is 13.3. The van der Waals surface area contributed by atoms with Crippen LogP contribution in [-0.4, -0.2) is 43.1 Å². The van der Waals surface area contributed by atoms with Crippen molar-refractivity contribution in [2.45, 2.75) is 12.5 Å². The lowest BCUT2D eigenvalue weighted by Crippen LogP contribution is -2.26. The molecule has 1 heterocycles. The van der Waals surface area contributed by atoms with Crippen LogP contribution in [0.2, 0.25) is 0 Å². The minimum atomic E-state index is -0.0539. The van der Waals surface area contributed by atoms with Gasteiger partial charge in [-0.3, -0.25) is 4.79 Å². The van der Waals surface area contributed by atoms with E-state index in [1.165, 1.54) is 11.1 Å². The first-order chi connectivity index (χ1) is 15.1. The highest BCUT2D eigenvalue weighted by atomic mass is 35.5. The fourth-order valence-electron chi connectivity index (χ4n) is 4.33. The monoisotopic (exact) mass is 447 g/mol. The fourth-order valence-corrected chi connectivity index (χ4v) is 4.33. The number of carbonyl (C=O) groups excluding carboxylic acids is 1. The normalized spacial score (nSPS) is 11.0. The molecular weight excluding hydrogens is 418 g/mol. The zero-order chi connectivity index (χ0) is 21.8. The summed E-state index contributed by atoms with van der Waals surface area (Å²) in [5.41, 5.74) is 5.24. The van der Waals surface area contributed by atoms with Crippen LogP contribution in [0.4, 0.5) is 0 Å². The van der Waals surface area contributed by atoms with Crippen LogP contribution in [0, 0.1) is 0 Å². The van der Waals surface area contributed by atoms with Crippen molar-refractivity contribution in [3.05, 3.63) is 107 Å². The molecule has 166 valence electrons. The third-order valence-corrected chi connectivity index (χ3v) is 5.78. The summed E-state index contributed by atoms with van der Waals surface area (Å²) >= 11 is 0. The number of aromatic nitrogens is 1. The number of rotatable bonds is 7. The van der Waals surface area contributed by atoms with E-state index in [0.717, 1.165) is 35.2 Å². The first kappa shape index (κ1) is 23.6. The van der Waals surface area contributed by atoms with Gasteiger partial charge in [0.1, 0.15) is 5.69 Å². The van der Waals surface area contributed by atoms with Crippen LogP contribution < -0.4 is 5.32 Å². The van der Waals surface area contributed by atoms with E-state index in [9.17, 15) is 4.79 Å². The number of carbonyl (C=O) groups is 1. The molecule has 0 aliphatic carbocycles. The molecule has 1 amide bonds. The molecule has 0 spiro atoms. The standard InChI is InChI=1S/C27H29N3O.ClH/c1-28-27(31)26-25(22-16-10-11-17-23(22)30(26)19-18-29(2)3)24(20-12-6-4-7-13-20)21-14-8-5-9-15-21;/h4-17,24H,18-19H2,1-3H3,(H,28,31);1H. The number of para-hydroxylation sites is 1. The predicted octanol–water partition coefficient (Wildman–Crippen LogP) is 5.16. The van der Waals surface area contributed by atoms with Crippen molar-refractivity contribution in [1.82, 2.24) is 14.8 Å². The average molecular weight is 448 g/mol. The van der Waals surface area contributed by atoms with Gasteiger partial charge in [-0.1, -0.05) is 78.9 Å². The Labute approximate surface area is 196 Å². The Morgan fingerprint density at radius 1 is 0.875 bits per heavy atom. The van der Waals surface area contributed by atoms with Crippen LogP contribution in [0.5, 0.6) is 0 Å². The van der Waals surface area contributed by atoms with Crippen LogP contribution in [0.1, 0.15) is 33.1 Å². The Bertz CT molecular complexity index is 1130. The quantitative estimate of drug-likeness (QED) is 0.424. The second-order valence-corrected chi connectivity index (χ2v) is 8.07. The molecule has 4 nitrogen and oxygen atoms in total. The van der Waals surface area contributed by atoms with Crippen LogP contribution in [0.3, 0.4) is 0 Å².